The summed E-state index contributed by atoms with van der Waals surface area (Å²) >= 11 is 5.99. The molecule has 4 bridgehead atoms. The third-order valence-electron chi connectivity index (χ3n) is 5.55. The van der Waals surface area contributed by atoms with E-state index >= 15 is 0 Å². The zero-order chi connectivity index (χ0) is 21.9. The molecule has 10 heteroatoms. The van der Waals surface area contributed by atoms with E-state index in [-0.39, 0.29) is 18.1 Å². The van der Waals surface area contributed by atoms with E-state index in [1.807, 2.05) is 24.4 Å². The molecule has 166 valence electrons. The number of carbonyl (C=O) groups excluding carboxylic acids is 1. The summed E-state index contributed by atoms with van der Waals surface area (Å²) in [5, 5.41) is 12.1. The van der Waals surface area contributed by atoms with Gasteiger partial charge in [0.15, 0.2) is 0 Å². The Hall–Kier alpha value is -3.17. The van der Waals surface area contributed by atoms with Crippen LogP contribution in [0.1, 0.15) is 22.5 Å². The first-order valence-corrected chi connectivity index (χ1v) is 10.9. The van der Waals surface area contributed by atoms with Crippen LogP contribution in [0, 0.1) is 0 Å². The molecule has 2 aliphatic heterocycles. The first-order valence-electron chi connectivity index (χ1n) is 10.5. The molecule has 0 unspecified atom stereocenters. The van der Waals surface area contributed by atoms with E-state index in [4.69, 9.17) is 21.1 Å². The molecule has 9 nitrogen and oxygen atoms in total. The molecular weight excluding hydrogens is 432 g/mol. The molecule has 0 spiro atoms. The van der Waals surface area contributed by atoms with Crippen molar-refractivity contribution < 1.29 is 14.3 Å². The third kappa shape index (κ3) is 4.68. The van der Waals surface area contributed by atoms with Gasteiger partial charge in [0.25, 0.3) is 5.91 Å². The van der Waals surface area contributed by atoms with E-state index in [1.54, 1.807) is 29.1 Å². The molecule has 2 aromatic heterocycles. The standard InChI is InChI=1S/C22H23ClN6O3/c23-16-5-6-21(24-10-16)28-12-19-20(13-28)32-14-17-11-29(27-26-17)7-2-8-31-18-4-1-3-15(9-18)22(30)25-19/h1,3-6,9-11,19-20H,2,7-8,12-14H2,(H,25,30)/t19-,20-/m0/s1. The van der Waals surface area contributed by atoms with Crippen molar-refractivity contribution in [3.8, 4) is 5.75 Å². The molecule has 2 atom stereocenters. The Labute approximate surface area is 190 Å². The number of fused-ring (bicyclic) bond motifs is 5. The van der Waals surface area contributed by atoms with Crippen molar-refractivity contribution in [2.75, 3.05) is 24.6 Å². The van der Waals surface area contributed by atoms with Crippen LogP contribution in [0.25, 0.3) is 0 Å². The maximum absolute atomic E-state index is 13.0. The van der Waals surface area contributed by atoms with E-state index in [0.717, 1.165) is 17.9 Å². The summed E-state index contributed by atoms with van der Waals surface area (Å²) in [6.07, 6.45) is 4.03. The monoisotopic (exact) mass is 454 g/mol. The lowest BCUT2D eigenvalue weighted by molar-refractivity contribution is 0.0347. The largest absolute Gasteiger partial charge is 0.494 e. The van der Waals surface area contributed by atoms with Gasteiger partial charge in [-0.2, -0.15) is 0 Å². The number of amides is 1. The number of nitrogens with zero attached hydrogens (tertiary/aromatic N) is 5. The molecule has 2 aliphatic rings. The highest BCUT2D eigenvalue weighted by Gasteiger charge is 2.35. The highest BCUT2D eigenvalue weighted by Crippen LogP contribution is 2.23. The van der Waals surface area contributed by atoms with E-state index in [0.29, 0.717) is 49.2 Å². The van der Waals surface area contributed by atoms with Gasteiger partial charge in [0.05, 0.1) is 36.6 Å². The summed E-state index contributed by atoms with van der Waals surface area (Å²) in [6, 6.07) is 10.7. The van der Waals surface area contributed by atoms with E-state index < -0.39 is 0 Å². The Morgan fingerprint density at radius 1 is 1.19 bits per heavy atom. The molecule has 1 aromatic carbocycles. The van der Waals surface area contributed by atoms with Crippen LogP contribution >= 0.6 is 11.6 Å². The van der Waals surface area contributed by atoms with E-state index in [1.165, 1.54) is 0 Å². The quantitative estimate of drug-likeness (QED) is 0.603. The van der Waals surface area contributed by atoms with Gasteiger partial charge in [-0.05, 0) is 30.3 Å². The van der Waals surface area contributed by atoms with Crippen molar-refractivity contribution >= 4 is 23.3 Å². The van der Waals surface area contributed by atoms with Crippen LogP contribution in [0.15, 0.2) is 48.8 Å². The first-order chi connectivity index (χ1) is 15.6. The van der Waals surface area contributed by atoms with Crippen molar-refractivity contribution in [1.82, 2.24) is 25.3 Å². The van der Waals surface area contributed by atoms with Crippen molar-refractivity contribution in [3.05, 3.63) is 65.1 Å². The highest BCUT2D eigenvalue weighted by atomic mass is 35.5. The fourth-order valence-corrected chi connectivity index (χ4v) is 4.04. The van der Waals surface area contributed by atoms with Crippen LogP contribution in [0.3, 0.4) is 0 Å². The number of pyridine rings is 1. The second-order valence-corrected chi connectivity index (χ2v) is 8.31. The predicted octanol–water partition coefficient (Wildman–Crippen LogP) is 2.31. The lowest BCUT2D eigenvalue weighted by Gasteiger charge is -2.20. The summed E-state index contributed by atoms with van der Waals surface area (Å²) < 4.78 is 13.8. The highest BCUT2D eigenvalue weighted by molar-refractivity contribution is 6.30. The van der Waals surface area contributed by atoms with Gasteiger partial charge < -0.3 is 19.7 Å². The SMILES string of the molecule is O=C1N[C@H]2CN(c3ccc(Cl)cn3)C[C@@H]2OCc2cn(nn2)CCCOc2cccc1c2. The number of anilines is 1. The minimum atomic E-state index is -0.242. The molecule has 1 saturated heterocycles. The Morgan fingerprint density at radius 2 is 2.12 bits per heavy atom. The molecule has 1 N–H and O–H groups in total. The van der Waals surface area contributed by atoms with Gasteiger partial charge in [0.2, 0.25) is 0 Å². The number of halogens is 1. The van der Waals surface area contributed by atoms with Crippen LogP contribution < -0.4 is 15.0 Å². The van der Waals surface area contributed by atoms with Gasteiger partial charge in [-0.15, -0.1) is 5.10 Å². The maximum atomic E-state index is 13.0. The molecule has 5 rings (SSSR count). The zero-order valence-corrected chi connectivity index (χ0v) is 18.1. The number of hydrogen-bond donors (Lipinski definition) is 1. The number of benzene rings is 1. The number of nitrogens with one attached hydrogen (secondary N) is 1. The molecule has 0 radical (unpaired) electrons. The Kier molecular flexibility index (Phi) is 5.91. The van der Waals surface area contributed by atoms with Crippen LogP contribution in [-0.2, 0) is 17.9 Å². The molecule has 0 saturated carbocycles. The smallest absolute Gasteiger partial charge is 0.251 e. The normalized spacial score (nSPS) is 21.5. The molecule has 0 aliphatic carbocycles. The van der Waals surface area contributed by atoms with Crippen LogP contribution in [0.4, 0.5) is 5.82 Å². The summed E-state index contributed by atoms with van der Waals surface area (Å²) in [7, 11) is 0. The Balaban J connectivity index is 1.40. The van der Waals surface area contributed by atoms with E-state index in [2.05, 4.69) is 25.5 Å². The van der Waals surface area contributed by atoms with Crippen LogP contribution in [-0.4, -0.2) is 57.7 Å². The van der Waals surface area contributed by atoms with Gasteiger partial charge in [-0.25, -0.2) is 4.98 Å². The minimum absolute atomic E-state index is 0.169. The summed E-state index contributed by atoms with van der Waals surface area (Å²) in [5.74, 6) is 1.28. The fourth-order valence-electron chi connectivity index (χ4n) is 3.93. The Morgan fingerprint density at radius 3 is 3.00 bits per heavy atom. The molecule has 1 fully saturated rings. The van der Waals surface area contributed by atoms with Gasteiger partial charge in [-0.3, -0.25) is 9.48 Å². The lowest BCUT2D eigenvalue weighted by atomic mass is 10.1. The zero-order valence-electron chi connectivity index (χ0n) is 17.4. The van der Waals surface area contributed by atoms with Crippen LogP contribution in [0.2, 0.25) is 5.02 Å². The minimum Gasteiger partial charge on any atom is -0.494 e. The fraction of sp³-hybridized carbons (Fsp3) is 0.364. The number of ether oxygens (including phenoxy) is 2. The number of aromatic nitrogens is 4. The summed E-state index contributed by atoms with van der Waals surface area (Å²) in [6.45, 7) is 2.66. The van der Waals surface area contributed by atoms with Gasteiger partial charge >= 0.3 is 0 Å². The topological polar surface area (TPSA) is 94.4 Å². The van der Waals surface area contributed by atoms with Gasteiger partial charge in [-0.1, -0.05) is 22.9 Å². The number of carbonyl (C=O) groups is 1. The van der Waals surface area contributed by atoms with Crippen molar-refractivity contribution in [2.24, 2.45) is 0 Å². The lowest BCUT2D eigenvalue weighted by Crippen LogP contribution is -2.44. The number of hydrogen-bond acceptors (Lipinski definition) is 7. The van der Waals surface area contributed by atoms with Crippen LogP contribution in [0.5, 0.6) is 5.75 Å². The average molecular weight is 455 g/mol. The Bertz CT molecular complexity index is 1090. The second kappa shape index (κ2) is 9.13. The van der Waals surface area contributed by atoms with Crippen molar-refractivity contribution in [3.63, 3.8) is 0 Å². The molecule has 3 aromatic rings. The van der Waals surface area contributed by atoms with Gasteiger partial charge in [0.1, 0.15) is 17.3 Å². The number of aryl methyl sites for hydroxylation is 1. The first kappa shape index (κ1) is 20.7. The summed E-state index contributed by atoms with van der Waals surface area (Å²) in [5.41, 5.74) is 1.30. The molecular formula is C22H23ClN6O3. The van der Waals surface area contributed by atoms with Crippen molar-refractivity contribution in [2.45, 2.75) is 31.7 Å². The second-order valence-electron chi connectivity index (χ2n) is 7.87. The van der Waals surface area contributed by atoms with E-state index in [9.17, 15) is 4.79 Å². The number of rotatable bonds is 1. The summed E-state index contributed by atoms with van der Waals surface area (Å²) in [4.78, 5) is 19.5. The molecule has 1 amide bonds. The third-order valence-corrected chi connectivity index (χ3v) is 5.77. The van der Waals surface area contributed by atoms with Crippen molar-refractivity contribution in [1.29, 1.82) is 0 Å². The molecule has 32 heavy (non-hydrogen) atoms. The predicted molar refractivity (Wildman–Crippen MR) is 118 cm³/mol. The molecule has 4 heterocycles. The maximum Gasteiger partial charge on any atom is 0.251 e. The average Bonchev–Trinajstić information content (AvgIpc) is 3.42. The van der Waals surface area contributed by atoms with Gasteiger partial charge in [0, 0.05) is 37.8 Å².